The summed E-state index contributed by atoms with van der Waals surface area (Å²) in [6, 6.07) is 12.7. The summed E-state index contributed by atoms with van der Waals surface area (Å²) in [5.41, 5.74) is 3.72. The highest BCUT2D eigenvalue weighted by molar-refractivity contribution is 5.86. The first-order valence-electron chi connectivity index (χ1n) is 8.30. The molecule has 0 spiro atoms. The molecule has 0 saturated carbocycles. The van der Waals surface area contributed by atoms with Gasteiger partial charge in [0, 0.05) is 30.4 Å². The number of carbonyl (C=O) groups is 1. The second-order valence-electron chi connectivity index (χ2n) is 6.49. The molecule has 0 aromatic heterocycles. The molecule has 1 aliphatic heterocycles. The topological polar surface area (TPSA) is 75.5 Å². The number of benzene rings is 2. The molecule has 1 N–H and O–H groups in total. The lowest BCUT2D eigenvalue weighted by Gasteiger charge is -2.18. The normalized spacial score (nSPS) is 17.0. The van der Waals surface area contributed by atoms with Gasteiger partial charge in [0.2, 0.25) is 5.91 Å². The smallest absolute Gasteiger partial charge is 0.272 e. The third-order valence-corrected chi connectivity index (χ3v) is 4.53. The molecule has 1 atom stereocenters. The standard InChI is InChI=1S/C19H21N3O3/c1-13-3-5-15(6-4-13)12-21-10-9-17(19(21)23)20-16-7-8-18(22(24)25)14(2)11-16/h3-8,11,17,20H,9-10,12H2,1-2H3. The minimum atomic E-state index is -0.400. The highest BCUT2D eigenvalue weighted by Crippen LogP contribution is 2.24. The molecule has 1 amide bonds. The van der Waals surface area contributed by atoms with E-state index < -0.39 is 4.92 Å². The number of nitro benzene ring substituents is 1. The maximum Gasteiger partial charge on any atom is 0.272 e. The monoisotopic (exact) mass is 339 g/mol. The van der Waals surface area contributed by atoms with Gasteiger partial charge in [-0.2, -0.15) is 0 Å². The average molecular weight is 339 g/mol. The number of nitro groups is 1. The molecule has 2 aromatic rings. The molecule has 130 valence electrons. The molecule has 6 heteroatoms. The fraction of sp³-hybridized carbons (Fsp3) is 0.316. The Morgan fingerprint density at radius 1 is 1.20 bits per heavy atom. The third kappa shape index (κ3) is 3.79. The van der Waals surface area contributed by atoms with Gasteiger partial charge in [0.25, 0.3) is 5.69 Å². The first kappa shape index (κ1) is 17.0. The van der Waals surface area contributed by atoms with Crippen molar-refractivity contribution in [2.75, 3.05) is 11.9 Å². The summed E-state index contributed by atoms with van der Waals surface area (Å²) in [5.74, 6) is 0.0663. The first-order chi connectivity index (χ1) is 11.9. The number of amides is 1. The van der Waals surface area contributed by atoms with E-state index in [2.05, 4.69) is 5.32 Å². The predicted molar refractivity (Wildman–Crippen MR) is 96.5 cm³/mol. The van der Waals surface area contributed by atoms with E-state index in [0.29, 0.717) is 18.7 Å². The number of aryl methyl sites for hydroxylation is 2. The van der Waals surface area contributed by atoms with E-state index >= 15 is 0 Å². The Morgan fingerprint density at radius 3 is 2.56 bits per heavy atom. The molecule has 0 bridgehead atoms. The highest BCUT2D eigenvalue weighted by atomic mass is 16.6. The number of nitrogens with zero attached hydrogens (tertiary/aromatic N) is 2. The fourth-order valence-corrected chi connectivity index (χ4v) is 3.10. The van der Waals surface area contributed by atoms with Crippen molar-refractivity contribution >= 4 is 17.3 Å². The Kier molecular flexibility index (Phi) is 4.70. The Morgan fingerprint density at radius 2 is 1.92 bits per heavy atom. The van der Waals surface area contributed by atoms with Gasteiger partial charge in [0.15, 0.2) is 0 Å². The predicted octanol–water partition coefficient (Wildman–Crippen LogP) is 3.42. The third-order valence-electron chi connectivity index (χ3n) is 4.53. The highest BCUT2D eigenvalue weighted by Gasteiger charge is 2.31. The van der Waals surface area contributed by atoms with Crippen LogP contribution < -0.4 is 5.32 Å². The van der Waals surface area contributed by atoms with E-state index in [1.165, 1.54) is 11.6 Å². The van der Waals surface area contributed by atoms with Gasteiger partial charge in [-0.25, -0.2) is 0 Å². The van der Waals surface area contributed by atoms with Crippen molar-refractivity contribution in [1.29, 1.82) is 0 Å². The first-order valence-corrected chi connectivity index (χ1v) is 8.30. The molecule has 1 fully saturated rings. The lowest BCUT2D eigenvalue weighted by atomic mass is 10.1. The number of hydrogen-bond donors (Lipinski definition) is 1. The second kappa shape index (κ2) is 6.93. The largest absolute Gasteiger partial charge is 0.374 e. The lowest BCUT2D eigenvalue weighted by molar-refractivity contribution is -0.385. The molecular weight excluding hydrogens is 318 g/mol. The summed E-state index contributed by atoms with van der Waals surface area (Å²) >= 11 is 0. The number of carbonyl (C=O) groups excluding carboxylic acids is 1. The maximum atomic E-state index is 12.6. The number of nitrogens with one attached hydrogen (secondary N) is 1. The number of hydrogen-bond acceptors (Lipinski definition) is 4. The van der Waals surface area contributed by atoms with Crippen molar-refractivity contribution in [3.63, 3.8) is 0 Å². The van der Waals surface area contributed by atoms with E-state index in [4.69, 9.17) is 0 Å². The zero-order valence-corrected chi connectivity index (χ0v) is 14.4. The molecule has 1 saturated heterocycles. The van der Waals surface area contributed by atoms with E-state index in [1.807, 2.05) is 36.1 Å². The van der Waals surface area contributed by atoms with E-state index in [0.717, 1.165) is 17.7 Å². The SMILES string of the molecule is Cc1ccc(CN2CCC(Nc3ccc([N+](=O)[O-])c(C)c3)C2=O)cc1. The molecule has 1 aliphatic rings. The quantitative estimate of drug-likeness (QED) is 0.669. The summed E-state index contributed by atoms with van der Waals surface area (Å²) in [5, 5.41) is 14.1. The van der Waals surface area contributed by atoms with Crippen LogP contribution in [0.15, 0.2) is 42.5 Å². The number of anilines is 1. The van der Waals surface area contributed by atoms with Crippen LogP contribution in [0.5, 0.6) is 0 Å². The number of likely N-dealkylation sites (tertiary alicyclic amines) is 1. The molecule has 25 heavy (non-hydrogen) atoms. The maximum absolute atomic E-state index is 12.6. The minimum Gasteiger partial charge on any atom is -0.374 e. The Bertz CT molecular complexity index is 802. The zero-order chi connectivity index (χ0) is 18.0. The van der Waals surface area contributed by atoms with Crippen LogP contribution in [0.4, 0.5) is 11.4 Å². The summed E-state index contributed by atoms with van der Waals surface area (Å²) in [7, 11) is 0. The van der Waals surface area contributed by atoms with Crippen molar-refractivity contribution in [3.8, 4) is 0 Å². The van der Waals surface area contributed by atoms with Crippen LogP contribution in [0.2, 0.25) is 0 Å². The van der Waals surface area contributed by atoms with Gasteiger partial charge in [0.1, 0.15) is 6.04 Å². The van der Waals surface area contributed by atoms with Gasteiger partial charge < -0.3 is 10.2 Å². The summed E-state index contributed by atoms with van der Waals surface area (Å²) in [6.07, 6.45) is 0.723. The zero-order valence-electron chi connectivity index (χ0n) is 14.4. The molecule has 2 aromatic carbocycles. The van der Waals surface area contributed by atoms with Crippen molar-refractivity contribution in [2.24, 2.45) is 0 Å². The van der Waals surface area contributed by atoms with Gasteiger partial charge in [-0.3, -0.25) is 14.9 Å². The van der Waals surface area contributed by atoms with Crippen molar-refractivity contribution < 1.29 is 9.72 Å². The summed E-state index contributed by atoms with van der Waals surface area (Å²) < 4.78 is 0. The van der Waals surface area contributed by atoms with Crippen LogP contribution in [-0.2, 0) is 11.3 Å². The summed E-state index contributed by atoms with van der Waals surface area (Å²) in [6.45, 7) is 5.05. The molecular formula is C19H21N3O3. The van der Waals surface area contributed by atoms with Gasteiger partial charge in [0.05, 0.1) is 4.92 Å². The van der Waals surface area contributed by atoms with E-state index in [9.17, 15) is 14.9 Å². The van der Waals surface area contributed by atoms with Gasteiger partial charge >= 0.3 is 0 Å². The second-order valence-corrected chi connectivity index (χ2v) is 6.49. The van der Waals surface area contributed by atoms with Gasteiger partial charge in [-0.15, -0.1) is 0 Å². The van der Waals surface area contributed by atoms with E-state index in [-0.39, 0.29) is 17.6 Å². The molecule has 3 rings (SSSR count). The van der Waals surface area contributed by atoms with Crippen molar-refractivity contribution in [1.82, 2.24) is 4.90 Å². The Hall–Kier alpha value is -2.89. The lowest BCUT2D eigenvalue weighted by Crippen LogP contribution is -2.33. The molecule has 1 heterocycles. The fourth-order valence-electron chi connectivity index (χ4n) is 3.10. The van der Waals surface area contributed by atoms with Crippen LogP contribution in [0.3, 0.4) is 0 Å². The molecule has 1 unspecified atom stereocenters. The van der Waals surface area contributed by atoms with E-state index in [1.54, 1.807) is 19.1 Å². The molecule has 0 radical (unpaired) electrons. The van der Waals surface area contributed by atoms with Crippen molar-refractivity contribution in [2.45, 2.75) is 32.9 Å². The van der Waals surface area contributed by atoms with Crippen LogP contribution in [0.1, 0.15) is 23.1 Å². The number of rotatable bonds is 5. The minimum absolute atomic E-state index is 0.0663. The molecule has 0 aliphatic carbocycles. The van der Waals surface area contributed by atoms with Gasteiger partial charge in [-0.05, 0) is 38.0 Å². The molecule has 6 nitrogen and oxygen atoms in total. The Balaban J connectivity index is 1.65. The van der Waals surface area contributed by atoms with Crippen LogP contribution in [0, 0.1) is 24.0 Å². The van der Waals surface area contributed by atoms with Crippen LogP contribution >= 0.6 is 0 Å². The van der Waals surface area contributed by atoms with Crippen LogP contribution in [-0.4, -0.2) is 28.3 Å². The summed E-state index contributed by atoms with van der Waals surface area (Å²) in [4.78, 5) is 24.9. The van der Waals surface area contributed by atoms with Crippen molar-refractivity contribution in [3.05, 3.63) is 69.3 Å². The van der Waals surface area contributed by atoms with Crippen LogP contribution in [0.25, 0.3) is 0 Å². The average Bonchev–Trinajstić information content (AvgIpc) is 2.90. The Labute approximate surface area is 146 Å². The van der Waals surface area contributed by atoms with Gasteiger partial charge in [-0.1, -0.05) is 29.8 Å².